The number of hydrogen-bond donors (Lipinski definition) is 0. The molecule has 0 saturated carbocycles. The van der Waals surface area contributed by atoms with Crippen molar-refractivity contribution >= 4 is 17.4 Å². The number of hydrogen-bond acceptors (Lipinski definition) is 3. The van der Waals surface area contributed by atoms with E-state index in [0.717, 1.165) is 11.1 Å². The Morgan fingerprint density at radius 1 is 1.50 bits per heavy atom. The van der Waals surface area contributed by atoms with Crippen molar-refractivity contribution in [3.8, 4) is 0 Å². The van der Waals surface area contributed by atoms with Crippen molar-refractivity contribution in [2.24, 2.45) is 0 Å². The van der Waals surface area contributed by atoms with Gasteiger partial charge in [0.2, 0.25) is 6.29 Å². The average Bonchev–Trinajstić information content (AvgIpc) is 2.46. The van der Waals surface area contributed by atoms with Crippen LogP contribution in [0.4, 0.5) is 0 Å². The maximum Gasteiger partial charge on any atom is 0.260 e. The van der Waals surface area contributed by atoms with Gasteiger partial charge in [-0.05, 0) is 24.6 Å². The lowest BCUT2D eigenvalue weighted by atomic mass is 10.2. The minimum Gasteiger partial charge on any atom is -0.434 e. The Bertz CT molecular complexity index is 431. The summed E-state index contributed by atoms with van der Waals surface area (Å²) in [5, 5.41) is 0. The zero-order valence-electron chi connectivity index (χ0n) is 6.57. The first kappa shape index (κ1) is 7.03. The highest BCUT2D eigenvalue weighted by atomic mass is 16.4. The van der Waals surface area contributed by atoms with Gasteiger partial charge in [0.15, 0.2) is 5.58 Å². The third-order valence-electron chi connectivity index (χ3n) is 1.66. The summed E-state index contributed by atoms with van der Waals surface area (Å²) in [5.74, 6) is 0.135. The number of aryl methyl sites for hydroxylation is 1. The lowest BCUT2D eigenvalue weighted by Gasteiger charge is -1.87. The van der Waals surface area contributed by atoms with Gasteiger partial charge in [0.05, 0.1) is 0 Å². The fraction of sp³-hybridized carbons (Fsp3) is 0.111. The Morgan fingerprint density at radius 2 is 2.33 bits per heavy atom. The zero-order chi connectivity index (χ0) is 8.55. The number of aromatic nitrogens is 1. The number of aldehydes is 1. The monoisotopic (exact) mass is 161 g/mol. The summed E-state index contributed by atoms with van der Waals surface area (Å²) in [4.78, 5) is 14.2. The van der Waals surface area contributed by atoms with Crippen molar-refractivity contribution in [2.75, 3.05) is 0 Å². The lowest BCUT2D eigenvalue weighted by molar-refractivity contribution is 0.109. The van der Waals surface area contributed by atoms with E-state index in [1.165, 1.54) is 0 Å². The van der Waals surface area contributed by atoms with Crippen LogP contribution in [0.25, 0.3) is 11.1 Å². The van der Waals surface area contributed by atoms with Crippen LogP contribution in [0, 0.1) is 6.92 Å². The maximum atomic E-state index is 10.3. The summed E-state index contributed by atoms with van der Waals surface area (Å²) in [7, 11) is 0. The van der Waals surface area contributed by atoms with E-state index in [9.17, 15) is 4.79 Å². The van der Waals surface area contributed by atoms with Gasteiger partial charge in [0.25, 0.3) is 5.89 Å². The number of fused-ring (bicyclic) bond motifs is 1. The molecule has 1 aromatic heterocycles. The minimum absolute atomic E-state index is 0.135. The van der Waals surface area contributed by atoms with E-state index in [4.69, 9.17) is 4.42 Å². The number of rotatable bonds is 1. The normalized spacial score (nSPS) is 10.4. The van der Waals surface area contributed by atoms with Gasteiger partial charge in [0.1, 0.15) is 5.52 Å². The van der Waals surface area contributed by atoms with Crippen molar-refractivity contribution in [3.63, 3.8) is 0 Å². The second-order valence-electron chi connectivity index (χ2n) is 2.64. The Labute approximate surface area is 69.0 Å². The van der Waals surface area contributed by atoms with Crippen molar-refractivity contribution in [3.05, 3.63) is 29.7 Å². The van der Waals surface area contributed by atoms with E-state index < -0.39 is 0 Å². The molecule has 0 fully saturated rings. The molecule has 2 aromatic rings. The van der Waals surface area contributed by atoms with Crippen LogP contribution in [0.2, 0.25) is 0 Å². The fourth-order valence-corrected chi connectivity index (χ4v) is 1.10. The quantitative estimate of drug-likeness (QED) is 0.600. The van der Waals surface area contributed by atoms with Crippen LogP contribution in [-0.2, 0) is 0 Å². The van der Waals surface area contributed by atoms with Gasteiger partial charge in [-0.25, -0.2) is 4.98 Å². The van der Waals surface area contributed by atoms with E-state index in [-0.39, 0.29) is 5.89 Å². The van der Waals surface area contributed by atoms with Gasteiger partial charge in [-0.1, -0.05) is 6.07 Å². The molecule has 0 N–H and O–H groups in total. The van der Waals surface area contributed by atoms with Crippen molar-refractivity contribution < 1.29 is 9.21 Å². The number of nitrogens with zero attached hydrogens (tertiary/aromatic N) is 1. The average molecular weight is 161 g/mol. The molecular formula is C9H7NO2. The summed E-state index contributed by atoms with van der Waals surface area (Å²) < 4.78 is 5.12. The van der Waals surface area contributed by atoms with Gasteiger partial charge in [-0.15, -0.1) is 0 Å². The molecule has 0 aliphatic heterocycles. The molecule has 3 nitrogen and oxygen atoms in total. The highest BCUT2D eigenvalue weighted by molar-refractivity contribution is 5.79. The minimum atomic E-state index is 0.135. The highest BCUT2D eigenvalue weighted by Crippen LogP contribution is 2.15. The summed E-state index contributed by atoms with van der Waals surface area (Å²) >= 11 is 0. The van der Waals surface area contributed by atoms with E-state index in [1.54, 1.807) is 0 Å². The molecule has 3 heteroatoms. The standard InChI is InChI=1S/C9H7NO2/c1-6-2-3-7-8(4-6)12-9(5-11)10-7/h2-5H,1H3. The Morgan fingerprint density at radius 3 is 3.08 bits per heavy atom. The molecule has 60 valence electrons. The lowest BCUT2D eigenvalue weighted by Crippen LogP contribution is -1.74. The predicted molar refractivity (Wildman–Crippen MR) is 44.1 cm³/mol. The van der Waals surface area contributed by atoms with Crippen LogP contribution in [0.1, 0.15) is 16.2 Å². The van der Waals surface area contributed by atoms with E-state index in [1.807, 2.05) is 25.1 Å². The molecule has 0 spiro atoms. The smallest absolute Gasteiger partial charge is 0.260 e. The first-order valence-electron chi connectivity index (χ1n) is 3.62. The third-order valence-corrected chi connectivity index (χ3v) is 1.66. The molecule has 12 heavy (non-hydrogen) atoms. The number of oxazole rings is 1. The molecule has 1 heterocycles. The summed E-state index contributed by atoms with van der Waals surface area (Å²) in [6.45, 7) is 1.96. The molecule has 2 rings (SSSR count). The Hall–Kier alpha value is -1.64. The first-order chi connectivity index (χ1) is 5.79. The molecule has 0 radical (unpaired) electrons. The number of carbonyl (C=O) groups is 1. The van der Waals surface area contributed by atoms with Crippen molar-refractivity contribution in [1.82, 2.24) is 4.98 Å². The maximum absolute atomic E-state index is 10.3. The highest BCUT2D eigenvalue weighted by Gasteiger charge is 2.02. The number of carbonyl (C=O) groups excluding carboxylic acids is 1. The van der Waals surface area contributed by atoms with Crippen molar-refractivity contribution in [2.45, 2.75) is 6.92 Å². The molecule has 0 amide bonds. The summed E-state index contributed by atoms with van der Waals surface area (Å²) in [5.41, 5.74) is 2.48. The topological polar surface area (TPSA) is 43.1 Å². The van der Waals surface area contributed by atoms with Crippen LogP contribution in [0.5, 0.6) is 0 Å². The van der Waals surface area contributed by atoms with E-state index >= 15 is 0 Å². The molecule has 0 aliphatic carbocycles. The second kappa shape index (κ2) is 2.44. The van der Waals surface area contributed by atoms with Gasteiger partial charge in [0, 0.05) is 0 Å². The molecular weight excluding hydrogens is 154 g/mol. The van der Waals surface area contributed by atoms with Gasteiger partial charge < -0.3 is 4.42 Å². The fourth-order valence-electron chi connectivity index (χ4n) is 1.10. The van der Waals surface area contributed by atoms with Gasteiger partial charge in [-0.3, -0.25) is 4.79 Å². The largest absolute Gasteiger partial charge is 0.434 e. The van der Waals surface area contributed by atoms with Crippen LogP contribution < -0.4 is 0 Å². The zero-order valence-corrected chi connectivity index (χ0v) is 6.57. The third kappa shape index (κ3) is 0.993. The Balaban J connectivity index is 2.75. The molecule has 0 unspecified atom stereocenters. The molecule has 0 saturated heterocycles. The van der Waals surface area contributed by atoms with Crippen molar-refractivity contribution in [1.29, 1.82) is 0 Å². The van der Waals surface area contributed by atoms with Gasteiger partial charge in [-0.2, -0.15) is 0 Å². The van der Waals surface area contributed by atoms with Crippen LogP contribution in [0.15, 0.2) is 22.6 Å². The molecule has 0 bridgehead atoms. The molecule has 0 atom stereocenters. The van der Waals surface area contributed by atoms with Crippen LogP contribution in [-0.4, -0.2) is 11.3 Å². The van der Waals surface area contributed by atoms with Gasteiger partial charge >= 0.3 is 0 Å². The van der Waals surface area contributed by atoms with Crippen LogP contribution >= 0.6 is 0 Å². The van der Waals surface area contributed by atoms with Crippen LogP contribution in [0.3, 0.4) is 0 Å². The summed E-state index contributed by atoms with van der Waals surface area (Å²) in [6.07, 6.45) is 0.606. The van der Waals surface area contributed by atoms with E-state index in [2.05, 4.69) is 4.98 Å². The predicted octanol–water partition coefficient (Wildman–Crippen LogP) is 1.95. The second-order valence-corrected chi connectivity index (χ2v) is 2.64. The first-order valence-corrected chi connectivity index (χ1v) is 3.62. The van der Waals surface area contributed by atoms with E-state index in [0.29, 0.717) is 11.9 Å². The number of benzene rings is 1. The molecule has 1 aromatic carbocycles. The SMILES string of the molecule is Cc1ccc2nc(C=O)oc2c1. The summed E-state index contributed by atoms with van der Waals surface area (Å²) in [6, 6.07) is 5.62. The molecule has 0 aliphatic rings. The Kier molecular flexibility index (Phi) is 1.43.